The molecule has 0 aliphatic carbocycles. The van der Waals surface area contributed by atoms with Crippen LogP contribution in [0, 0.1) is 13.8 Å². The lowest BCUT2D eigenvalue weighted by molar-refractivity contribution is 0.0525. The summed E-state index contributed by atoms with van der Waals surface area (Å²) < 4.78 is 4.92. The van der Waals surface area contributed by atoms with Crippen molar-refractivity contribution in [3.8, 4) is 0 Å². The van der Waals surface area contributed by atoms with Gasteiger partial charge in [-0.25, -0.2) is 4.79 Å². The molecule has 0 bridgehead atoms. The van der Waals surface area contributed by atoms with Gasteiger partial charge < -0.3 is 4.74 Å². The van der Waals surface area contributed by atoms with Crippen LogP contribution in [0.3, 0.4) is 0 Å². The summed E-state index contributed by atoms with van der Waals surface area (Å²) in [7, 11) is 0. The number of rotatable bonds is 2. The minimum Gasteiger partial charge on any atom is -0.462 e. The topological polar surface area (TPSA) is 26.3 Å². The molecule has 1 aromatic rings. The second-order valence-corrected chi connectivity index (χ2v) is 3.99. The van der Waals surface area contributed by atoms with Crippen LogP contribution in [-0.2, 0) is 4.74 Å². The lowest BCUT2D eigenvalue weighted by Crippen LogP contribution is -2.08. The Labute approximate surface area is 99.1 Å². The first-order valence-corrected chi connectivity index (χ1v) is 5.37. The summed E-state index contributed by atoms with van der Waals surface area (Å²) in [5.41, 5.74) is 1.80. The van der Waals surface area contributed by atoms with Crippen molar-refractivity contribution in [1.29, 1.82) is 0 Å². The summed E-state index contributed by atoms with van der Waals surface area (Å²) in [6, 6.07) is 1.74. The van der Waals surface area contributed by atoms with E-state index in [1.165, 1.54) is 0 Å². The number of carbonyl (C=O) groups is 1. The van der Waals surface area contributed by atoms with Gasteiger partial charge in [-0.3, -0.25) is 0 Å². The maximum Gasteiger partial charge on any atom is 0.339 e. The summed E-state index contributed by atoms with van der Waals surface area (Å²) >= 11 is 12.0. The molecule has 0 aliphatic rings. The maximum atomic E-state index is 11.6. The van der Waals surface area contributed by atoms with E-state index in [1.54, 1.807) is 26.8 Å². The molecule has 0 heterocycles. The largest absolute Gasteiger partial charge is 0.462 e. The van der Waals surface area contributed by atoms with E-state index in [1.807, 2.05) is 0 Å². The van der Waals surface area contributed by atoms with Crippen LogP contribution in [0.2, 0.25) is 10.0 Å². The Hall–Kier alpha value is -0.730. The van der Waals surface area contributed by atoms with E-state index in [0.717, 1.165) is 5.56 Å². The van der Waals surface area contributed by atoms with E-state index >= 15 is 0 Å². The molecule has 0 aliphatic heterocycles. The maximum absolute atomic E-state index is 11.6. The van der Waals surface area contributed by atoms with Gasteiger partial charge in [0.15, 0.2) is 0 Å². The van der Waals surface area contributed by atoms with Gasteiger partial charge in [-0.2, -0.15) is 0 Å². The minimum atomic E-state index is -0.425. The molecule has 1 rings (SSSR count). The molecule has 0 spiro atoms. The third-order valence-electron chi connectivity index (χ3n) is 2.12. The molecule has 0 atom stereocenters. The summed E-state index contributed by atoms with van der Waals surface area (Å²) in [6.45, 7) is 5.62. The normalized spacial score (nSPS) is 10.2. The standard InChI is InChI=1S/C11H12Cl2O2/c1-4-15-11(14)9-7(3)8(12)5-6(2)10(9)13/h5H,4H2,1-3H3. The number of carbonyl (C=O) groups excluding carboxylic acids is 1. The highest BCUT2D eigenvalue weighted by atomic mass is 35.5. The second-order valence-electron chi connectivity index (χ2n) is 3.21. The zero-order valence-corrected chi connectivity index (χ0v) is 10.4. The molecular formula is C11H12Cl2O2. The Balaban J connectivity index is 3.32. The quantitative estimate of drug-likeness (QED) is 0.743. The highest BCUT2D eigenvalue weighted by Crippen LogP contribution is 2.30. The molecule has 1 aromatic carbocycles. The molecule has 15 heavy (non-hydrogen) atoms. The molecule has 2 nitrogen and oxygen atoms in total. The molecule has 0 saturated heterocycles. The van der Waals surface area contributed by atoms with Gasteiger partial charge in [-0.05, 0) is 38.0 Å². The van der Waals surface area contributed by atoms with Gasteiger partial charge in [0.2, 0.25) is 0 Å². The van der Waals surface area contributed by atoms with Crippen molar-refractivity contribution >= 4 is 29.2 Å². The van der Waals surface area contributed by atoms with Crippen molar-refractivity contribution in [3.63, 3.8) is 0 Å². The van der Waals surface area contributed by atoms with Gasteiger partial charge in [0.1, 0.15) is 0 Å². The fourth-order valence-electron chi connectivity index (χ4n) is 1.29. The van der Waals surface area contributed by atoms with Crippen molar-refractivity contribution in [2.24, 2.45) is 0 Å². The van der Waals surface area contributed by atoms with Crippen molar-refractivity contribution in [2.75, 3.05) is 6.61 Å². The van der Waals surface area contributed by atoms with E-state index in [-0.39, 0.29) is 0 Å². The number of aryl methyl sites for hydroxylation is 1. The van der Waals surface area contributed by atoms with Gasteiger partial charge in [0.05, 0.1) is 17.2 Å². The van der Waals surface area contributed by atoms with Crippen LogP contribution in [0.25, 0.3) is 0 Å². The monoisotopic (exact) mass is 246 g/mol. The highest BCUT2D eigenvalue weighted by molar-refractivity contribution is 6.37. The molecule has 0 N–H and O–H groups in total. The summed E-state index contributed by atoms with van der Waals surface area (Å²) in [6.07, 6.45) is 0. The Morgan fingerprint density at radius 1 is 1.40 bits per heavy atom. The summed E-state index contributed by atoms with van der Waals surface area (Å²) in [5, 5.41) is 0.940. The number of benzene rings is 1. The Morgan fingerprint density at radius 2 is 2.00 bits per heavy atom. The Bertz CT molecular complexity index is 374. The fourth-order valence-corrected chi connectivity index (χ4v) is 1.82. The number of hydrogen-bond donors (Lipinski definition) is 0. The summed E-state index contributed by atoms with van der Waals surface area (Å²) in [5.74, 6) is -0.425. The first kappa shape index (κ1) is 12.3. The van der Waals surface area contributed by atoms with Gasteiger partial charge in [0.25, 0.3) is 0 Å². The fraction of sp³-hybridized carbons (Fsp3) is 0.364. The van der Waals surface area contributed by atoms with Gasteiger partial charge in [-0.1, -0.05) is 23.2 Å². The smallest absolute Gasteiger partial charge is 0.339 e. The molecule has 0 unspecified atom stereocenters. The first-order chi connectivity index (χ1) is 6.99. The molecular weight excluding hydrogens is 235 g/mol. The second kappa shape index (κ2) is 4.86. The molecule has 0 fully saturated rings. The molecule has 0 radical (unpaired) electrons. The van der Waals surface area contributed by atoms with Crippen LogP contribution >= 0.6 is 23.2 Å². The van der Waals surface area contributed by atoms with E-state index in [4.69, 9.17) is 27.9 Å². The zero-order valence-electron chi connectivity index (χ0n) is 8.86. The highest BCUT2D eigenvalue weighted by Gasteiger charge is 2.18. The van der Waals surface area contributed by atoms with Crippen molar-refractivity contribution < 1.29 is 9.53 Å². The number of esters is 1. The van der Waals surface area contributed by atoms with Crippen LogP contribution < -0.4 is 0 Å². The average molecular weight is 247 g/mol. The third kappa shape index (κ3) is 2.44. The van der Waals surface area contributed by atoms with E-state index < -0.39 is 5.97 Å². The SMILES string of the molecule is CCOC(=O)c1c(C)c(Cl)cc(C)c1Cl. The van der Waals surface area contributed by atoms with Crippen LogP contribution in [0.5, 0.6) is 0 Å². The van der Waals surface area contributed by atoms with Crippen molar-refractivity contribution in [2.45, 2.75) is 20.8 Å². The lowest BCUT2D eigenvalue weighted by Gasteiger charge is -2.11. The van der Waals surface area contributed by atoms with Crippen LogP contribution in [0.1, 0.15) is 28.4 Å². The third-order valence-corrected chi connectivity index (χ3v) is 3.00. The van der Waals surface area contributed by atoms with Gasteiger partial charge in [0, 0.05) is 5.02 Å². The lowest BCUT2D eigenvalue weighted by atomic mass is 10.1. The van der Waals surface area contributed by atoms with Crippen LogP contribution in [0.15, 0.2) is 6.07 Å². The van der Waals surface area contributed by atoms with Crippen LogP contribution in [-0.4, -0.2) is 12.6 Å². The van der Waals surface area contributed by atoms with E-state index in [2.05, 4.69) is 0 Å². The van der Waals surface area contributed by atoms with Crippen molar-refractivity contribution in [3.05, 3.63) is 32.8 Å². The predicted octanol–water partition coefficient (Wildman–Crippen LogP) is 3.79. The Kier molecular flexibility index (Phi) is 4.00. The molecule has 0 aromatic heterocycles. The van der Waals surface area contributed by atoms with Crippen molar-refractivity contribution in [1.82, 2.24) is 0 Å². The van der Waals surface area contributed by atoms with E-state index in [9.17, 15) is 4.79 Å². The molecule has 82 valence electrons. The van der Waals surface area contributed by atoms with Gasteiger partial charge >= 0.3 is 5.97 Å². The van der Waals surface area contributed by atoms with Crippen LogP contribution in [0.4, 0.5) is 0 Å². The minimum absolute atomic E-state index is 0.320. The molecule has 4 heteroatoms. The molecule has 0 amide bonds. The Morgan fingerprint density at radius 3 is 2.53 bits per heavy atom. The first-order valence-electron chi connectivity index (χ1n) is 4.61. The number of hydrogen-bond acceptors (Lipinski definition) is 2. The summed E-state index contributed by atoms with van der Waals surface area (Å²) in [4.78, 5) is 11.6. The zero-order chi connectivity index (χ0) is 11.6. The predicted molar refractivity (Wildman–Crippen MR) is 61.9 cm³/mol. The molecule has 0 saturated carbocycles. The number of halogens is 2. The van der Waals surface area contributed by atoms with Gasteiger partial charge in [-0.15, -0.1) is 0 Å². The number of ether oxygens (including phenoxy) is 1. The average Bonchev–Trinajstić information content (AvgIpc) is 2.16. The van der Waals surface area contributed by atoms with E-state index in [0.29, 0.717) is 27.8 Å².